The van der Waals surface area contributed by atoms with Crippen LogP contribution in [0.2, 0.25) is 0 Å². The lowest BCUT2D eigenvalue weighted by Gasteiger charge is -2.33. The SMILES string of the molecule is CCC(=O)OC1(C)CC=C(C(C)C)CC1. The van der Waals surface area contributed by atoms with Crippen molar-refractivity contribution in [1.29, 1.82) is 0 Å². The molecule has 1 atom stereocenters. The summed E-state index contributed by atoms with van der Waals surface area (Å²) in [7, 11) is 0. The van der Waals surface area contributed by atoms with E-state index in [4.69, 9.17) is 4.74 Å². The normalized spacial score (nSPS) is 26.3. The highest BCUT2D eigenvalue weighted by molar-refractivity contribution is 5.69. The van der Waals surface area contributed by atoms with Crippen LogP contribution in [0.3, 0.4) is 0 Å². The first-order valence-electron chi connectivity index (χ1n) is 5.87. The number of esters is 1. The van der Waals surface area contributed by atoms with E-state index in [-0.39, 0.29) is 11.6 Å². The molecule has 1 unspecified atom stereocenters. The molecule has 0 radical (unpaired) electrons. The molecular weight excluding hydrogens is 188 g/mol. The maximum atomic E-state index is 11.3. The summed E-state index contributed by atoms with van der Waals surface area (Å²) in [6, 6.07) is 0. The molecule has 0 amide bonds. The highest BCUT2D eigenvalue weighted by Gasteiger charge is 2.30. The Morgan fingerprint density at radius 2 is 2.27 bits per heavy atom. The Kier molecular flexibility index (Phi) is 3.95. The Morgan fingerprint density at radius 3 is 2.67 bits per heavy atom. The zero-order chi connectivity index (χ0) is 11.5. The molecule has 1 rings (SSSR count). The van der Waals surface area contributed by atoms with Crippen LogP contribution < -0.4 is 0 Å². The van der Waals surface area contributed by atoms with Gasteiger partial charge in [-0.3, -0.25) is 4.79 Å². The third kappa shape index (κ3) is 3.37. The van der Waals surface area contributed by atoms with Crippen molar-refractivity contribution in [2.45, 2.75) is 59.0 Å². The topological polar surface area (TPSA) is 26.3 Å². The van der Waals surface area contributed by atoms with Gasteiger partial charge in [0.05, 0.1) is 0 Å². The van der Waals surface area contributed by atoms with E-state index in [2.05, 4.69) is 19.9 Å². The minimum atomic E-state index is -0.258. The Bertz CT molecular complexity index is 266. The molecule has 0 bridgehead atoms. The minimum absolute atomic E-state index is 0.0844. The Labute approximate surface area is 92.7 Å². The second-order valence-electron chi connectivity index (χ2n) is 4.92. The molecule has 0 fully saturated rings. The lowest BCUT2D eigenvalue weighted by Crippen LogP contribution is -2.33. The van der Waals surface area contributed by atoms with Gasteiger partial charge in [0, 0.05) is 12.8 Å². The Morgan fingerprint density at radius 1 is 1.60 bits per heavy atom. The van der Waals surface area contributed by atoms with Crippen LogP contribution in [0.15, 0.2) is 11.6 Å². The maximum absolute atomic E-state index is 11.3. The monoisotopic (exact) mass is 210 g/mol. The van der Waals surface area contributed by atoms with Gasteiger partial charge in [-0.2, -0.15) is 0 Å². The molecule has 2 nitrogen and oxygen atoms in total. The van der Waals surface area contributed by atoms with E-state index in [9.17, 15) is 4.79 Å². The zero-order valence-corrected chi connectivity index (χ0v) is 10.3. The fraction of sp³-hybridized carbons (Fsp3) is 0.769. The molecular formula is C13H22O2. The zero-order valence-electron chi connectivity index (χ0n) is 10.3. The van der Waals surface area contributed by atoms with Crippen LogP contribution in [0.1, 0.15) is 53.4 Å². The summed E-state index contributed by atoms with van der Waals surface area (Å²) in [5, 5.41) is 0. The molecule has 0 saturated heterocycles. The van der Waals surface area contributed by atoms with Crippen LogP contribution in [0.5, 0.6) is 0 Å². The smallest absolute Gasteiger partial charge is 0.306 e. The van der Waals surface area contributed by atoms with Gasteiger partial charge in [0.15, 0.2) is 0 Å². The Balaban J connectivity index is 2.58. The van der Waals surface area contributed by atoms with Crippen molar-refractivity contribution in [3.05, 3.63) is 11.6 Å². The number of allylic oxidation sites excluding steroid dienone is 1. The fourth-order valence-electron chi connectivity index (χ4n) is 1.92. The van der Waals surface area contributed by atoms with E-state index >= 15 is 0 Å². The van der Waals surface area contributed by atoms with Gasteiger partial charge in [0.2, 0.25) is 0 Å². The number of ether oxygens (including phenoxy) is 1. The molecule has 0 saturated carbocycles. The first-order valence-corrected chi connectivity index (χ1v) is 5.87. The van der Waals surface area contributed by atoms with Gasteiger partial charge >= 0.3 is 5.97 Å². The van der Waals surface area contributed by atoms with Crippen LogP contribution in [0, 0.1) is 5.92 Å². The van der Waals surface area contributed by atoms with Crippen LogP contribution in [0.25, 0.3) is 0 Å². The summed E-state index contributed by atoms with van der Waals surface area (Å²) in [5.74, 6) is 0.537. The maximum Gasteiger partial charge on any atom is 0.306 e. The van der Waals surface area contributed by atoms with E-state index < -0.39 is 0 Å². The molecule has 0 heterocycles. The lowest BCUT2D eigenvalue weighted by molar-refractivity contribution is -0.158. The van der Waals surface area contributed by atoms with Crippen molar-refractivity contribution in [3.63, 3.8) is 0 Å². The quantitative estimate of drug-likeness (QED) is 0.526. The van der Waals surface area contributed by atoms with Crippen LogP contribution in [-0.4, -0.2) is 11.6 Å². The summed E-state index contributed by atoms with van der Waals surface area (Å²) in [6.07, 6.45) is 5.60. The van der Waals surface area contributed by atoms with Crippen molar-refractivity contribution in [1.82, 2.24) is 0 Å². The van der Waals surface area contributed by atoms with E-state index in [1.54, 1.807) is 0 Å². The average Bonchev–Trinajstić information content (AvgIpc) is 2.17. The molecule has 0 aromatic carbocycles. The predicted molar refractivity (Wildman–Crippen MR) is 61.6 cm³/mol. The molecule has 15 heavy (non-hydrogen) atoms. The van der Waals surface area contributed by atoms with Crippen molar-refractivity contribution < 1.29 is 9.53 Å². The third-order valence-electron chi connectivity index (χ3n) is 3.13. The number of carbonyl (C=O) groups excluding carboxylic acids is 1. The highest BCUT2D eigenvalue weighted by atomic mass is 16.6. The van der Waals surface area contributed by atoms with Crippen LogP contribution >= 0.6 is 0 Å². The average molecular weight is 210 g/mol. The van der Waals surface area contributed by atoms with Crippen molar-refractivity contribution in [2.24, 2.45) is 5.92 Å². The summed E-state index contributed by atoms with van der Waals surface area (Å²) < 4.78 is 5.47. The lowest BCUT2D eigenvalue weighted by atomic mass is 9.83. The highest BCUT2D eigenvalue weighted by Crippen LogP contribution is 2.33. The van der Waals surface area contributed by atoms with E-state index in [1.807, 2.05) is 13.8 Å². The van der Waals surface area contributed by atoms with Gasteiger partial charge < -0.3 is 4.74 Å². The largest absolute Gasteiger partial charge is 0.459 e. The number of rotatable bonds is 3. The number of hydrogen-bond acceptors (Lipinski definition) is 2. The van der Waals surface area contributed by atoms with Crippen molar-refractivity contribution in [3.8, 4) is 0 Å². The van der Waals surface area contributed by atoms with Crippen LogP contribution in [0.4, 0.5) is 0 Å². The second kappa shape index (κ2) is 4.82. The molecule has 86 valence electrons. The van der Waals surface area contributed by atoms with E-state index in [0.29, 0.717) is 12.3 Å². The summed E-state index contributed by atoms with van der Waals surface area (Å²) >= 11 is 0. The third-order valence-corrected chi connectivity index (χ3v) is 3.13. The molecule has 0 aromatic rings. The van der Waals surface area contributed by atoms with Gasteiger partial charge in [0.25, 0.3) is 0 Å². The summed E-state index contributed by atoms with van der Waals surface area (Å²) in [5.41, 5.74) is 1.24. The molecule has 0 spiro atoms. The van der Waals surface area contributed by atoms with Gasteiger partial charge in [-0.25, -0.2) is 0 Å². The summed E-state index contributed by atoms with van der Waals surface area (Å²) in [6.45, 7) is 8.30. The van der Waals surface area contributed by atoms with Crippen LogP contribution in [-0.2, 0) is 9.53 Å². The predicted octanol–water partition coefficient (Wildman–Crippen LogP) is 3.46. The molecule has 0 aliphatic heterocycles. The van der Waals surface area contributed by atoms with Gasteiger partial charge in [0.1, 0.15) is 5.60 Å². The standard InChI is InChI=1S/C13H22O2/c1-5-12(14)15-13(4)8-6-11(7-9-13)10(2)3/h6,10H,5,7-9H2,1-4H3. The van der Waals surface area contributed by atoms with E-state index in [0.717, 1.165) is 19.3 Å². The van der Waals surface area contributed by atoms with Gasteiger partial charge in [-0.05, 0) is 25.7 Å². The van der Waals surface area contributed by atoms with E-state index in [1.165, 1.54) is 5.57 Å². The molecule has 0 N–H and O–H groups in total. The fourth-order valence-corrected chi connectivity index (χ4v) is 1.92. The molecule has 1 aliphatic carbocycles. The number of hydrogen-bond donors (Lipinski definition) is 0. The Hall–Kier alpha value is -0.790. The number of carbonyl (C=O) groups is 1. The summed E-state index contributed by atoms with van der Waals surface area (Å²) in [4.78, 5) is 11.3. The minimum Gasteiger partial charge on any atom is -0.459 e. The molecule has 1 aliphatic rings. The van der Waals surface area contributed by atoms with Gasteiger partial charge in [-0.15, -0.1) is 0 Å². The first-order chi connectivity index (χ1) is 6.97. The molecule has 0 aromatic heterocycles. The van der Waals surface area contributed by atoms with Crippen molar-refractivity contribution in [2.75, 3.05) is 0 Å². The molecule has 2 heteroatoms. The second-order valence-corrected chi connectivity index (χ2v) is 4.92. The van der Waals surface area contributed by atoms with Crippen molar-refractivity contribution >= 4 is 5.97 Å². The van der Waals surface area contributed by atoms with Gasteiger partial charge in [-0.1, -0.05) is 32.4 Å². The first kappa shape index (κ1) is 12.3.